The second-order valence-corrected chi connectivity index (χ2v) is 3.59. The van der Waals surface area contributed by atoms with Crippen molar-refractivity contribution in [3.8, 4) is 5.75 Å². The highest BCUT2D eigenvalue weighted by Gasteiger charge is 1.97. The van der Waals surface area contributed by atoms with E-state index in [2.05, 4.69) is 9.97 Å². The Hall–Kier alpha value is -1.87. The van der Waals surface area contributed by atoms with Crippen LogP contribution in [-0.4, -0.2) is 15.1 Å². The highest BCUT2D eigenvalue weighted by atomic mass is 35.5. The van der Waals surface area contributed by atoms with Gasteiger partial charge in [-0.1, -0.05) is 23.7 Å². The van der Waals surface area contributed by atoms with E-state index in [4.69, 9.17) is 11.6 Å². The first kappa shape index (κ1) is 10.6. The van der Waals surface area contributed by atoms with Crippen molar-refractivity contribution in [1.82, 2.24) is 9.97 Å². The van der Waals surface area contributed by atoms with Crippen LogP contribution in [0.25, 0.3) is 12.2 Å². The molecule has 0 aliphatic carbocycles. The molecule has 0 aliphatic heterocycles. The molecule has 0 amide bonds. The number of hydrogen-bond acceptors (Lipinski definition) is 3. The van der Waals surface area contributed by atoms with Crippen LogP contribution >= 0.6 is 11.6 Å². The molecule has 0 aliphatic rings. The van der Waals surface area contributed by atoms with Crippen LogP contribution in [0, 0.1) is 0 Å². The molecule has 0 atom stereocenters. The summed E-state index contributed by atoms with van der Waals surface area (Å²) in [4.78, 5) is 7.88. The molecule has 1 N–H and O–H groups in total. The Bertz CT molecular complexity index is 512. The maximum atomic E-state index is 9.25. The average Bonchev–Trinajstić information content (AvgIpc) is 2.32. The first-order valence-corrected chi connectivity index (χ1v) is 5.06. The maximum Gasteiger partial charge on any atom is 0.134 e. The van der Waals surface area contributed by atoms with Gasteiger partial charge >= 0.3 is 0 Å². The van der Waals surface area contributed by atoms with Gasteiger partial charge in [-0.2, -0.15) is 0 Å². The number of nitrogens with zero attached hydrogens (tertiary/aromatic N) is 2. The number of rotatable bonds is 2. The van der Waals surface area contributed by atoms with Crippen LogP contribution in [0.15, 0.2) is 36.8 Å². The number of hydrogen-bond donors (Lipinski definition) is 1. The Morgan fingerprint density at radius 3 is 2.75 bits per heavy atom. The van der Waals surface area contributed by atoms with Crippen LogP contribution in [-0.2, 0) is 0 Å². The molecule has 0 spiro atoms. The summed E-state index contributed by atoms with van der Waals surface area (Å²) in [7, 11) is 0. The van der Waals surface area contributed by atoms with Gasteiger partial charge in [0.05, 0.1) is 10.7 Å². The zero-order valence-electron chi connectivity index (χ0n) is 8.34. The lowest BCUT2D eigenvalue weighted by Crippen LogP contribution is -1.80. The van der Waals surface area contributed by atoms with Crippen molar-refractivity contribution in [1.29, 1.82) is 0 Å². The van der Waals surface area contributed by atoms with Crippen LogP contribution in [0.2, 0.25) is 5.02 Å². The van der Waals surface area contributed by atoms with E-state index >= 15 is 0 Å². The van der Waals surface area contributed by atoms with Crippen molar-refractivity contribution in [2.24, 2.45) is 0 Å². The van der Waals surface area contributed by atoms with Crippen molar-refractivity contribution < 1.29 is 5.11 Å². The monoisotopic (exact) mass is 232 g/mol. The quantitative estimate of drug-likeness (QED) is 0.866. The van der Waals surface area contributed by atoms with Gasteiger partial charge in [-0.25, -0.2) is 9.97 Å². The summed E-state index contributed by atoms with van der Waals surface area (Å²) in [6.07, 6.45) is 6.89. The highest BCUT2D eigenvalue weighted by molar-refractivity contribution is 6.32. The molecule has 0 bridgehead atoms. The molecule has 3 nitrogen and oxygen atoms in total. The SMILES string of the molecule is Oc1ccc(C=Cc2ccncn2)cc1Cl. The van der Waals surface area contributed by atoms with E-state index in [0.717, 1.165) is 11.3 Å². The minimum Gasteiger partial charge on any atom is -0.506 e. The van der Waals surface area contributed by atoms with E-state index in [9.17, 15) is 5.11 Å². The molecule has 0 saturated heterocycles. The number of phenolic OH excluding ortho intramolecular Hbond substituents is 1. The predicted molar refractivity (Wildman–Crippen MR) is 64.1 cm³/mol. The number of aromatic hydroxyl groups is 1. The number of benzene rings is 1. The summed E-state index contributed by atoms with van der Waals surface area (Å²) >= 11 is 5.79. The standard InChI is InChI=1S/C12H9ClN2O/c13-11-7-9(2-4-12(11)16)1-3-10-5-6-14-8-15-10/h1-8,16H. The molecular weight excluding hydrogens is 224 g/mol. The smallest absolute Gasteiger partial charge is 0.134 e. The number of phenols is 1. The lowest BCUT2D eigenvalue weighted by Gasteiger charge is -1.97. The van der Waals surface area contributed by atoms with Gasteiger partial charge in [0.15, 0.2) is 0 Å². The van der Waals surface area contributed by atoms with Crippen molar-refractivity contribution >= 4 is 23.8 Å². The van der Waals surface area contributed by atoms with Gasteiger partial charge < -0.3 is 5.11 Å². The van der Waals surface area contributed by atoms with Crippen LogP contribution < -0.4 is 0 Å². The van der Waals surface area contributed by atoms with Gasteiger partial charge in [0.2, 0.25) is 0 Å². The van der Waals surface area contributed by atoms with Crippen molar-refractivity contribution in [2.45, 2.75) is 0 Å². The lowest BCUT2D eigenvalue weighted by atomic mass is 10.2. The van der Waals surface area contributed by atoms with E-state index in [-0.39, 0.29) is 5.75 Å². The van der Waals surface area contributed by atoms with Gasteiger partial charge in [0, 0.05) is 6.20 Å². The van der Waals surface area contributed by atoms with Gasteiger partial charge in [-0.05, 0) is 29.8 Å². The summed E-state index contributed by atoms with van der Waals surface area (Å²) in [5, 5.41) is 9.59. The zero-order chi connectivity index (χ0) is 11.4. The van der Waals surface area contributed by atoms with Gasteiger partial charge in [-0.3, -0.25) is 0 Å². The van der Waals surface area contributed by atoms with Crippen molar-refractivity contribution in [2.75, 3.05) is 0 Å². The molecule has 0 radical (unpaired) electrons. The first-order chi connectivity index (χ1) is 7.75. The minimum absolute atomic E-state index is 0.0841. The summed E-state index contributed by atoms with van der Waals surface area (Å²) in [6, 6.07) is 6.83. The van der Waals surface area contributed by atoms with Gasteiger partial charge in [-0.15, -0.1) is 0 Å². The van der Waals surface area contributed by atoms with E-state index < -0.39 is 0 Å². The van der Waals surface area contributed by atoms with Gasteiger partial charge in [0.1, 0.15) is 12.1 Å². The molecule has 16 heavy (non-hydrogen) atoms. The first-order valence-electron chi connectivity index (χ1n) is 4.68. The molecule has 80 valence electrons. The largest absolute Gasteiger partial charge is 0.506 e. The van der Waals surface area contributed by atoms with E-state index in [1.165, 1.54) is 6.33 Å². The molecule has 2 aromatic rings. The summed E-state index contributed by atoms with van der Waals surface area (Å²) < 4.78 is 0. The Morgan fingerprint density at radius 2 is 2.06 bits per heavy atom. The fourth-order valence-corrected chi connectivity index (χ4v) is 1.40. The Balaban J connectivity index is 2.21. The maximum absolute atomic E-state index is 9.25. The third-order valence-corrected chi connectivity index (χ3v) is 2.33. The molecule has 0 saturated carbocycles. The van der Waals surface area contributed by atoms with Gasteiger partial charge in [0.25, 0.3) is 0 Å². The number of halogens is 1. The Labute approximate surface area is 98.1 Å². The fourth-order valence-electron chi connectivity index (χ4n) is 1.21. The zero-order valence-corrected chi connectivity index (χ0v) is 9.09. The molecule has 0 fully saturated rings. The molecule has 0 unspecified atom stereocenters. The normalized spacial score (nSPS) is 10.8. The molecule has 1 heterocycles. The summed E-state index contributed by atoms with van der Waals surface area (Å²) in [6.45, 7) is 0. The Kier molecular flexibility index (Phi) is 3.17. The third-order valence-electron chi connectivity index (χ3n) is 2.02. The summed E-state index contributed by atoms with van der Waals surface area (Å²) in [5.74, 6) is 0.0841. The van der Waals surface area contributed by atoms with Crippen LogP contribution in [0.1, 0.15) is 11.3 Å². The molecule has 2 rings (SSSR count). The fraction of sp³-hybridized carbons (Fsp3) is 0. The van der Waals surface area contributed by atoms with Crippen LogP contribution in [0.4, 0.5) is 0 Å². The van der Waals surface area contributed by atoms with E-state index in [1.54, 1.807) is 30.5 Å². The lowest BCUT2D eigenvalue weighted by molar-refractivity contribution is 0.475. The summed E-state index contributed by atoms with van der Waals surface area (Å²) in [5.41, 5.74) is 1.72. The molecule has 4 heteroatoms. The second kappa shape index (κ2) is 4.77. The Morgan fingerprint density at radius 1 is 1.19 bits per heavy atom. The van der Waals surface area contributed by atoms with Crippen LogP contribution in [0.3, 0.4) is 0 Å². The van der Waals surface area contributed by atoms with Crippen LogP contribution in [0.5, 0.6) is 5.75 Å². The van der Waals surface area contributed by atoms with Crippen molar-refractivity contribution in [3.63, 3.8) is 0 Å². The predicted octanol–water partition coefficient (Wildman–Crippen LogP) is 3.01. The highest BCUT2D eigenvalue weighted by Crippen LogP contribution is 2.24. The number of aromatic nitrogens is 2. The average molecular weight is 233 g/mol. The molecule has 1 aromatic carbocycles. The molecular formula is C12H9ClN2O. The topological polar surface area (TPSA) is 46.0 Å². The second-order valence-electron chi connectivity index (χ2n) is 3.18. The molecule has 1 aromatic heterocycles. The van der Waals surface area contributed by atoms with Crippen molar-refractivity contribution in [3.05, 3.63) is 53.1 Å². The van der Waals surface area contributed by atoms with E-state index in [1.807, 2.05) is 12.2 Å². The minimum atomic E-state index is 0.0841. The van der Waals surface area contributed by atoms with E-state index in [0.29, 0.717) is 5.02 Å². The third kappa shape index (κ3) is 2.58.